The molecule has 3 heterocycles. The van der Waals surface area contributed by atoms with Crippen LogP contribution in [0.1, 0.15) is 19.6 Å². The van der Waals surface area contributed by atoms with Crippen LogP contribution in [-0.2, 0) is 4.74 Å². The first-order chi connectivity index (χ1) is 9.56. The van der Waals surface area contributed by atoms with Gasteiger partial charge in [-0.25, -0.2) is 15.0 Å². The maximum atomic E-state index is 10.5. The average Bonchev–Trinajstić information content (AvgIpc) is 2.98. The minimum absolute atomic E-state index is 0.129. The third-order valence-electron chi connectivity index (χ3n) is 3.55. The van der Waals surface area contributed by atoms with Crippen LogP contribution in [0.2, 0.25) is 0 Å². The molecule has 2 aromatic rings. The zero-order valence-electron chi connectivity index (χ0n) is 11.3. The molecule has 0 saturated carbocycles. The summed E-state index contributed by atoms with van der Waals surface area (Å²) in [6, 6.07) is 0. The second-order valence-electron chi connectivity index (χ2n) is 5.15. The summed E-state index contributed by atoms with van der Waals surface area (Å²) in [5, 5.41) is 22.6. The summed E-state index contributed by atoms with van der Waals surface area (Å²) in [5.74, 6) is 0.616. The largest absolute Gasteiger partial charge is 0.394 e. The maximum Gasteiger partial charge on any atom is 0.167 e. The molecule has 0 radical (unpaired) electrons. The molecule has 1 aliphatic heterocycles. The second kappa shape index (κ2) is 4.65. The van der Waals surface area contributed by atoms with Crippen molar-refractivity contribution in [1.29, 1.82) is 0 Å². The second-order valence-corrected chi connectivity index (χ2v) is 5.15. The Kier molecular flexibility index (Phi) is 3.08. The number of fused-ring (bicyclic) bond motifs is 1. The molecule has 0 aliphatic carbocycles. The quantitative estimate of drug-likeness (QED) is 0.720. The van der Waals surface area contributed by atoms with Crippen LogP contribution in [0.25, 0.3) is 11.2 Å². The summed E-state index contributed by atoms with van der Waals surface area (Å²) in [5.41, 5.74) is 0.0984. The van der Waals surface area contributed by atoms with E-state index in [1.807, 2.05) is 0 Å². The fourth-order valence-corrected chi connectivity index (χ4v) is 2.62. The van der Waals surface area contributed by atoms with Crippen LogP contribution >= 0.6 is 0 Å². The fraction of sp³-hybridized carbons (Fsp3) is 0.583. The molecular formula is C12H17N5O3. The lowest BCUT2D eigenvalue weighted by Crippen LogP contribution is -2.31. The molecule has 2 aromatic heterocycles. The van der Waals surface area contributed by atoms with Gasteiger partial charge in [-0.05, 0) is 6.92 Å². The Morgan fingerprint density at radius 1 is 1.50 bits per heavy atom. The third kappa shape index (κ3) is 1.92. The Morgan fingerprint density at radius 3 is 2.95 bits per heavy atom. The molecule has 1 saturated heterocycles. The fourth-order valence-electron chi connectivity index (χ4n) is 2.62. The lowest BCUT2D eigenvalue weighted by atomic mass is 10.0. The standard InChI is InChI=1S/C12H17N5O3/c1-12(19)3-7(4-18)20-11(12)17-6-16-8-9(13-2)14-5-15-10(8)17/h5-7,11,18-19H,3-4H2,1-2H3,(H,13,14,15). The number of imidazole rings is 1. The van der Waals surface area contributed by atoms with Crippen molar-refractivity contribution in [3.8, 4) is 0 Å². The van der Waals surface area contributed by atoms with Crippen molar-refractivity contribution in [3.63, 3.8) is 0 Å². The van der Waals surface area contributed by atoms with Gasteiger partial charge in [-0.1, -0.05) is 0 Å². The van der Waals surface area contributed by atoms with Gasteiger partial charge in [0.15, 0.2) is 17.7 Å². The maximum absolute atomic E-state index is 10.5. The van der Waals surface area contributed by atoms with Gasteiger partial charge in [-0.3, -0.25) is 4.57 Å². The summed E-state index contributed by atoms with van der Waals surface area (Å²) < 4.78 is 7.37. The van der Waals surface area contributed by atoms with E-state index in [9.17, 15) is 10.2 Å². The van der Waals surface area contributed by atoms with Gasteiger partial charge in [0, 0.05) is 13.5 Å². The van der Waals surface area contributed by atoms with Crippen molar-refractivity contribution < 1.29 is 14.9 Å². The zero-order valence-corrected chi connectivity index (χ0v) is 11.3. The van der Waals surface area contributed by atoms with Crippen molar-refractivity contribution in [3.05, 3.63) is 12.7 Å². The minimum atomic E-state index is -1.09. The number of rotatable bonds is 3. The summed E-state index contributed by atoms with van der Waals surface area (Å²) in [6.45, 7) is 1.55. The van der Waals surface area contributed by atoms with Crippen LogP contribution in [0.15, 0.2) is 12.7 Å². The van der Waals surface area contributed by atoms with Crippen molar-refractivity contribution in [2.24, 2.45) is 0 Å². The summed E-state index contributed by atoms with van der Waals surface area (Å²) in [6.07, 6.45) is 2.33. The predicted molar refractivity (Wildman–Crippen MR) is 71.1 cm³/mol. The molecule has 8 heteroatoms. The number of anilines is 1. The molecule has 0 amide bonds. The van der Waals surface area contributed by atoms with Crippen LogP contribution in [-0.4, -0.2) is 55.1 Å². The molecular weight excluding hydrogens is 262 g/mol. The SMILES string of the molecule is CNc1ncnc2c1ncn2C1OC(CO)CC1(C)O. The average molecular weight is 279 g/mol. The van der Waals surface area contributed by atoms with E-state index in [2.05, 4.69) is 20.3 Å². The van der Waals surface area contributed by atoms with Gasteiger partial charge in [-0.15, -0.1) is 0 Å². The first-order valence-electron chi connectivity index (χ1n) is 6.41. The Labute approximate surface area is 115 Å². The number of nitrogens with zero attached hydrogens (tertiary/aromatic N) is 4. The molecule has 3 atom stereocenters. The van der Waals surface area contributed by atoms with E-state index in [-0.39, 0.29) is 6.61 Å². The molecule has 3 N–H and O–H groups in total. The van der Waals surface area contributed by atoms with E-state index < -0.39 is 17.9 Å². The number of hydrogen-bond acceptors (Lipinski definition) is 7. The van der Waals surface area contributed by atoms with Crippen LogP contribution in [0.5, 0.6) is 0 Å². The van der Waals surface area contributed by atoms with Gasteiger partial charge in [0.05, 0.1) is 19.0 Å². The smallest absolute Gasteiger partial charge is 0.167 e. The van der Waals surface area contributed by atoms with Gasteiger partial charge in [0.25, 0.3) is 0 Å². The minimum Gasteiger partial charge on any atom is -0.394 e. The van der Waals surface area contributed by atoms with E-state index in [4.69, 9.17) is 4.74 Å². The number of ether oxygens (including phenoxy) is 1. The lowest BCUT2D eigenvalue weighted by Gasteiger charge is -2.24. The van der Waals surface area contributed by atoms with Crippen molar-refractivity contribution in [1.82, 2.24) is 19.5 Å². The molecule has 0 aromatic carbocycles. The molecule has 0 spiro atoms. The Balaban J connectivity index is 2.07. The van der Waals surface area contributed by atoms with E-state index in [1.165, 1.54) is 6.33 Å². The highest BCUT2D eigenvalue weighted by atomic mass is 16.5. The number of aromatic nitrogens is 4. The van der Waals surface area contributed by atoms with E-state index in [0.29, 0.717) is 23.4 Å². The topological polar surface area (TPSA) is 105 Å². The van der Waals surface area contributed by atoms with Gasteiger partial charge < -0.3 is 20.3 Å². The van der Waals surface area contributed by atoms with Crippen molar-refractivity contribution >= 4 is 17.0 Å². The number of nitrogens with one attached hydrogen (secondary N) is 1. The Hall–Kier alpha value is -1.77. The van der Waals surface area contributed by atoms with Crippen LogP contribution in [0.3, 0.4) is 0 Å². The monoisotopic (exact) mass is 279 g/mol. The van der Waals surface area contributed by atoms with Crippen LogP contribution in [0.4, 0.5) is 5.82 Å². The molecule has 1 aliphatic rings. The number of aliphatic hydroxyl groups is 2. The highest BCUT2D eigenvalue weighted by molar-refractivity contribution is 5.82. The van der Waals surface area contributed by atoms with Gasteiger partial charge >= 0.3 is 0 Å². The Morgan fingerprint density at radius 2 is 2.30 bits per heavy atom. The van der Waals surface area contributed by atoms with Crippen LogP contribution in [0, 0.1) is 0 Å². The zero-order chi connectivity index (χ0) is 14.3. The molecule has 8 nitrogen and oxygen atoms in total. The van der Waals surface area contributed by atoms with Gasteiger partial charge in [0.1, 0.15) is 17.4 Å². The molecule has 1 fully saturated rings. The predicted octanol–water partition coefficient (Wildman–Crippen LogP) is -0.101. The van der Waals surface area contributed by atoms with Crippen molar-refractivity contribution in [2.45, 2.75) is 31.3 Å². The highest BCUT2D eigenvalue weighted by Gasteiger charge is 2.45. The first-order valence-corrected chi connectivity index (χ1v) is 6.41. The molecule has 3 rings (SSSR count). The van der Waals surface area contributed by atoms with Gasteiger partial charge in [-0.2, -0.15) is 0 Å². The summed E-state index contributed by atoms with van der Waals surface area (Å²) in [7, 11) is 1.75. The Bertz CT molecular complexity index is 627. The molecule has 3 unspecified atom stereocenters. The lowest BCUT2D eigenvalue weighted by molar-refractivity contribution is -0.0854. The van der Waals surface area contributed by atoms with E-state index in [0.717, 1.165) is 0 Å². The molecule has 20 heavy (non-hydrogen) atoms. The molecule has 0 bridgehead atoms. The first kappa shape index (κ1) is 13.2. The van der Waals surface area contributed by atoms with Gasteiger partial charge in [0.2, 0.25) is 0 Å². The normalized spacial score (nSPS) is 30.0. The summed E-state index contributed by atoms with van der Waals surface area (Å²) in [4.78, 5) is 12.6. The third-order valence-corrected chi connectivity index (χ3v) is 3.55. The van der Waals surface area contributed by atoms with E-state index in [1.54, 1.807) is 24.9 Å². The van der Waals surface area contributed by atoms with E-state index >= 15 is 0 Å². The highest BCUT2D eigenvalue weighted by Crippen LogP contribution is 2.39. The van der Waals surface area contributed by atoms with Crippen molar-refractivity contribution in [2.75, 3.05) is 19.0 Å². The number of aliphatic hydroxyl groups excluding tert-OH is 1. The van der Waals surface area contributed by atoms with Crippen LogP contribution < -0.4 is 5.32 Å². The summed E-state index contributed by atoms with van der Waals surface area (Å²) >= 11 is 0. The number of hydrogen-bond donors (Lipinski definition) is 3. The molecule has 108 valence electrons.